The van der Waals surface area contributed by atoms with E-state index in [0.717, 1.165) is 5.56 Å². The third-order valence-electron chi connectivity index (χ3n) is 5.57. The van der Waals surface area contributed by atoms with Gasteiger partial charge < -0.3 is 39.4 Å². The minimum absolute atomic E-state index is 0.159. The van der Waals surface area contributed by atoms with E-state index in [2.05, 4.69) is 25.9 Å². The van der Waals surface area contributed by atoms with Crippen LogP contribution in [0.5, 0.6) is 17.2 Å². The molecule has 0 aliphatic carbocycles. The topological polar surface area (TPSA) is 166 Å². The van der Waals surface area contributed by atoms with E-state index in [1.165, 1.54) is 20.4 Å². The Labute approximate surface area is 231 Å². The number of esters is 2. The Balaban J connectivity index is 1.61. The number of ether oxygens (including phenoxy) is 5. The molecule has 13 heteroatoms. The predicted molar refractivity (Wildman–Crippen MR) is 143 cm³/mol. The molecule has 0 saturated carbocycles. The Morgan fingerprint density at radius 1 is 1.07 bits per heavy atom. The summed E-state index contributed by atoms with van der Waals surface area (Å²) < 4.78 is 26.1. The largest absolute Gasteiger partial charge is 0.490 e. The monoisotopic (exact) mass is 556 g/mol. The van der Waals surface area contributed by atoms with Crippen LogP contribution in [0.2, 0.25) is 0 Å². The first-order chi connectivity index (χ1) is 19.2. The summed E-state index contributed by atoms with van der Waals surface area (Å²) in [5, 5.41) is 19.6. The Morgan fingerprint density at radius 3 is 2.50 bits per heavy atom. The Bertz CT molecular complexity index is 1260. The maximum atomic E-state index is 12.4. The molecule has 0 unspecified atom stereocenters. The molecule has 2 amide bonds. The van der Waals surface area contributed by atoms with E-state index in [1.54, 1.807) is 56.3 Å². The van der Waals surface area contributed by atoms with Gasteiger partial charge in [-0.3, -0.25) is 5.43 Å². The number of hydrogen-bond donors (Lipinski definition) is 4. The molecular weight excluding hydrogens is 524 g/mol. The molecule has 4 N–H and O–H groups in total. The molecule has 1 aliphatic heterocycles. The number of hydrogen-bond acceptors (Lipinski definition) is 11. The van der Waals surface area contributed by atoms with E-state index in [1.807, 2.05) is 0 Å². The number of carbonyl (C=O) groups is 3. The number of nitrogens with zero attached hydrogens (tertiary/aromatic N) is 1. The van der Waals surface area contributed by atoms with Crippen molar-refractivity contribution in [2.75, 3.05) is 34.0 Å². The van der Waals surface area contributed by atoms with Gasteiger partial charge in [0.2, 0.25) is 0 Å². The van der Waals surface area contributed by atoms with Gasteiger partial charge in [-0.25, -0.2) is 14.4 Å². The zero-order valence-corrected chi connectivity index (χ0v) is 22.6. The molecule has 0 radical (unpaired) electrons. The van der Waals surface area contributed by atoms with Crippen LogP contribution < -0.4 is 30.3 Å². The third-order valence-corrected chi connectivity index (χ3v) is 5.57. The van der Waals surface area contributed by atoms with E-state index < -0.39 is 30.2 Å². The fourth-order valence-electron chi connectivity index (χ4n) is 3.67. The lowest BCUT2D eigenvalue weighted by Gasteiger charge is -2.28. The highest BCUT2D eigenvalue weighted by atomic mass is 16.6. The van der Waals surface area contributed by atoms with Crippen molar-refractivity contribution in [2.24, 2.45) is 5.10 Å². The molecule has 1 aliphatic rings. The molecule has 1 heterocycles. The number of amides is 2. The van der Waals surface area contributed by atoms with Crippen LogP contribution in [-0.4, -0.2) is 69.6 Å². The van der Waals surface area contributed by atoms with Crippen molar-refractivity contribution in [3.8, 4) is 17.2 Å². The van der Waals surface area contributed by atoms with Crippen LogP contribution in [0.4, 0.5) is 4.79 Å². The van der Waals surface area contributed by atoms with E-state index >= 15 is 0 Å². The number of hydrazone groups is 1. The zero-order chi connectivity index (χ0) is 29.1. The van der Waals surface area contributed by atoms with Crippen molar-refractivity contribution < 1.29 is 43.2 Å². The van der Waals surface area contributed by atoms with E-state index in [4.69, 9.17) is 18.9 Å². The van der Waals surface area contributed by atoms with Crippen LogP contribution in [0, 0.1) is 0 Å². The number of benzene rings is 2. The van der Waals surface area contributed by atoms with E-state index in [0.29, 0.717) is 35.1 Å². The summed E-state index contributed by atoms with van der Waals surface area (Å²) in [6.45, 7) is 3.40. The van der Waals surface area contributed by atoms with Gasteiger partial charge in [-0.1, -0.05) is 6.07 Å². The fourth-order valence-corrected chi connectivity index (χ4v) is 3.67. The Kier molecular flexibility index (Phi) is 10.7. The van der Waals surface area contributed by atoms with Crippen LogP contribution in [0.25, 0.3) is 0 Å². The Morgan fingerprint density at radius 2 is 1.82 bits per heavy atom. The van der Waals surface area contributed by atoms with Crippen LogP contribution in [0.3, 0.4) is 0 Å². The zero-order valence-electron chi connectivity index (χ0n) is 22.6. The van der Waals surface area contributed by atoms with Gasteiger partial charge in [0.15, 0.2) is 24.3 Å². The van der Waals surface area contributed by atoms with Crippen LogP contribution in [0.15, 0.2) is 58.8 Å². The summed E-state index contributed by atoms with van der Waals surface area (Å²) in [5.74, 6) is 0.144. The maximum Gasteiger partial charge on any atom is 0.343 e. The Hall–Kier alpha value is -4.78. The first-order valence-electron chi connectivity index (χ1n) is 12.3. The lowest BCUT2D eigenvalue weighted by atomic mass is 9.95. The number of allylic oxidation sites excluding steroid dienone is 1. The molecule has 2 aromatic carbocycles. The molecule has 0 saturated heterocycles. The quantitative estimate of drug-likeness (QED) is 0.124. The van der Waals surface area contributed by atoms with Crippen LogP contribution in [0.1, 0.15) is 31.0 Å². The van der Waals surface area contributed by atoms with E-state index in [-0.39, 0.29) is 18.8 Å². The average Bonchev–Trinajstić information content (AvgIpc) is 2.95. The lowest BCUT2D eigenvalue weighted by molar-refractivity contribution is -0.143. The number of methoxy groups -OCH3 is 2. The van der Waals surface area contributed by atoms with Gasteiger partial charge >= 0.3 is 18.0 Å². The van der Waals surface area contributed by atoms with Gasteiger partial charge in [-0.15, -0.1) is 0 Å². The number of nitrogens with one attached hydrogen (secondary N) is 3. The molecule has 0 bridgehead atoms. The molecule has 2 aromatic rings. The number of aliphatic hydroxyl groups excluding tert-OH is 1. The molecule has 0 aromatic heterocycles. The van der Waals surface area contributed by atoms with Crippen molar-refractivity contribution in [1.29, 1.82) is 0 Å². The summed E-state index contributed by atoms with van der Waals surface area (Å²) in [4.78, 5) is 35.6. The summed E-state index contributed by atoms with van der Waals surface area (Å²) in [7, 11) is 2.55. The number of rotatable bonds is 13. The molecule has 2 atom stereocenters. The van der Waals surface area contributed by atoms with Crippen molar-refractivity contribution in [3.05, 3.63) is 64.9 Å². The highest BCUT2D eigenvalue weighted by molar-refractivity contribution is 5.95. The van der Waals surface area contributed by atoms with Gasteiger partial charge in [0.25, 0.3) is 0 Å². The summed E-state index contributed by atoms with van der Waals surface area (Å²) in [6, 6.07) is 10.5. The van der Waals surface area contributed by atoms with Crippen LogP contribution in [-0.2, 0) is 19.1 Å². The van der Waals surface area contributed by atoms with Crippen molar-refractivity contribution >= 4 is 24.2 Å². The molecule has 40 heavy (non-hydrogen) atoms. The minimum Gasteiger partial charge on any atom is -0.490 e. The van der Waals surface area contributed by atoms with Gasteiger partial charge in [-0.2, -0.15) is 5.10 Å². The van der Waals surface area contributed by atoms with Gasteiger partial charge in [0.1, 0.15) is 12.4 Å². The van der Waals surface area contributed by atoms with Crippen molar-refractivity contribution in [1.82, 2.24) is 16.1 Å². The smallest absolute Gasteiger partial charge is 0.343 e. The minimum atomic E-state index is -1.15. The maximum absolute atomic E-state index is 12.4. The predicted octanol–water partition coefficient (Wildman–Crippen LogP) is 1.76. The van der Waals surface area contributed by atoms with Crippen molar-refractivity contribution in [3.63, 3.8) is 0 Å². The van der Waals surface area contributed by atoms with Crippen LogP contribution >= 0.6 is 0 Å². The second-order valence-corrected chi connectivity index (χ2v) is 8.35. The van der Waals surface area contributed by atoms with Gasteiger partial charge in [0.05, 0.1) is 38.7 Å². The molecular formula is C27H32N4O9. The first-order valence-corrected chi connectivity index (χ1v) is 12.3. The van der Waals surface area contributed by atoms with Gasteiger partial charge in [0, 0.05) is 5.70 Å². The molecule has 0 spiro atoms. The average molecular weight is 557 g/mol. The molecule has 13 nitrogen and oxygen atoms in total. The van der Waals surface area contributed by atoms with Crippen molar-refractivity contribution in [2.45, 2.75) is 26.1 Å². The first kappa shape index (κ1) is 29.8. The highest BCUT2D eigenvalue weighted by Gasteiger charge is 2.32. The number of urea groups is 1. The fraction of sp³-hybridized carbons (Fsp3) is 0.333. The summed E-state index contributed by atoms with van der Waals surface area (Å²) in [6.07, 6.45) is 0.350. The second-order valence-electron chi connectivity index (χ2n) is 8.35. The summed E-state index contributed by atoms with van der Waals surface area (Å²) in [5.41, 5.74) is 4.52. The number of aliphatic hydroxyl groups is 1. The molecule has 214 valence electrons. The van der Waals surface area contributed by atoms with Gasteiger partial charge in [-0.05, 0) is 61.4 Å². The highest BCUT2D eigenvalue weighted by Crippen LogP contribution is 2.34. The second kappa shape index (κ2) is 14.4. The SMILES string of the molecule is CCOc1cc([C@H]2NC(=O)NC(C)=C2C(=O)OC)ccc1OC[C@@H](O)N/N=C\c1ccc(OCC(=O)OC)cc1. The number of carbonyl (C=O) groups excluding carboxylic acids is 3. The lowest BCUT2D eigenvalue weighted by Crippen LogP contribution is -2.45. The molecule has 0 fully saturated rings. The van der Waals surface area contributed by atoms with E-state index in [9.17, 15) is 19.5 Å². The summed E-state index contributed by atoms with van der Waals surface area (Å²) >= 11 is 0. The molecule has 3 rings (SSSR count). The third kappa shape index (κ3) is 8.11. The standard InChI is InChI=1S/C27H32N4O9/c1-5-38-21-12-18(25-24(26(34)37-4)16(2)29-27(35)30-25)8-11-20(21)40-14-22(32)31-28-13-17-6-9-19(10-7-17)39-15-23(33)36-3/h6-13,22,25,31-32H,5,14-15H2,1-4H3,(H2,29,30,35)/b28-13-/t22-,25-/m1/s1. The normalized spacial score (nSPS) is 15.5.